The first-order valence-electron chi connectivity index (χ1n) is 8.83. The molecule has 0 bridgehead atoms. The van der Waals surface area contributed by atoms with Crippen molar-refractivity contribution in [1.29, 1.82) is 0 Å². The molecule has 152 valence electrons. The number of carbonyl (C=O) groups excluding carboxylic acids is 2. The highest BCUT2D eigenvalue weighted by molar-refractivity contribution is 5.97. The predicted molar refractivity (Wildman–Crippen MR) is 106 cm³/mol. The maximum absolute atomic E-state index is 13.0. The lowest BCUT2D eigenvalue weighted by atomic mass is 10.0. The third-order valence-electron chi connectivity index (χ3n) is 4.16. The van der Waals surface area contributed by atoms with Crippen molar-refractivity contribution < 1.29 is 18.9 Å². The minimum atomic E-state index is -0.878. The van der Waals surface area contributed by atoms with Crippen molar-refractivity contribution in [2.45, 2.75) is 26.8 Å². The number of hydrazone groups is 1. The highest BCUT2D eigenvalue weighted by Crippen LogP contribution is 2.18. The van der Waals surface area contributed by atoms with Crippen molar-refractivity contribution in [2.24, 2.45) is 11.0 Å². The van der Waals surface area contributed by atoms with Gasteiger partial charge in [0.15, 0.2) is 0 Å². The van der Waals surface area contributed by atoms with Crippen molar-refractivity contribution in [3.8, 4) is 0 Å². The zero-order chi connectivity index (χ0) is 21.6. The van der Waals surface area contributed by atoms with Crippen LogP contribution in [0.1, 0.15) is 35.3 Å². The topological polar surface area (TPSA) is 114 Å². The molecule has 2 amide bonds. The summed E-state index contributed by atoms with van der Waals surface area (Å²) in [7, 11) is 0. The van der Waals surface area contributed by atoms with Crippen LogP contribution in [0.3, 0.4) is 0 Å². The first kappa shape index (κ1) is 21.7. The number of rotatable bonds is 7. The number of nitrogens with zero attached hydrogens (tertiary/aromatic N) is 2. The zero-order valence-corrected chi connectivity index (χ0v) is 16.2. The van der Waals surface area contributed by atoms with Gasteiger partial charge in [0.1, 0.15) is 11.9 Å². The van der Waals surface area contributed by atoms with Gasteiger partial charge in [0.2, 0.25) is 0 Å². The molecule has 0 aromatic heterocycles. The van der Waals surface area contributed by atoms with Crippen LogP contribution >= 0.6 is 0 Å². The van der Waals surface area contributed by atoms with E-state index in [-0.39, 0.29) is 17.2 Å². The molecule has 0 saturated carbocycles. The number of nitrogens with one attached hydrogen (secondary N) is 2. The normalized spacial score (nSPS) is 12.0. The van der Waals surface area contributed by atoms with Crippen LogP contribution in [0.4, 0.5) is 10.1 Å². The van der Waals surface area contributed by atoms with Crippen molar-refractivity contribution in [2.75, 3.05) is 0 Å². The lowest BCUT2D eigenvalue weighted by molar-refractivity contribution is -0.385. The van der Waals surface area contributed by atoms with Gasteiger partial charge in [-0.15, -0.1) is 0 Å². The fourth-order valence-electron chi connectivity index (χ4n) is 2.50. The predicted octanol–water partition coefficient (Wildman–Crippen LogP) is 2.95. The first-order valence-corrected chi connectivity index (χ1v) is 8.83. The van der Waals surface area contributed by atoms with E-state index in [0.29, 0.717) is 11.1 Å². The van der Waals surface area contributed by atoms with Gasteiger partial charge in [-0.25, -0.2) is 9.82 Å². The average molecular weight is 400 g/mol. The molecule has 0 aliphatic carbocycles. The lowest BCUT2D eigenvalue weighted by Gasteiger charge is -2.20. The summed E-state index contributed by atoms with van der Waals surface area (Å²) in [6.45, 7) is 5.13. The molecular weight excluding hydrogens is 379 g/mol. The molecule has 0 fully saturated rings. The average Bonchev–Trinajstić information content (AvgIpc) is 2.67. The maximum Gasteiger partial charge on any atom is 0.272 e. The van der Waals surface area contributed by atoms with E-state index in [9.17, 15) is 24.1 Å². The fourth-order valence-corrected chi connectivity index (χ4v) is 2.50. The summed E-state index contributed by atoms with van der Waals surface area (Å²) in [5.74, 6) is -1.77. The number of benzene rings is 2. The molecule has 0 radical (unpaired) electrons. The highest BCUT2D eigenvalue weighted by Gasteiger charge is 2.24. The van der Waals surface area contributed by atoms with Crippen LogP contribution in [0, 0.1) is 28.8 Å². The van der Waals surface area contributed by atoms with E-state index >= 15 is 0 Å². The standard InChI is InChI=1S/C20H21FN4O4/c1-12(2)18(23-19(26)15-6-8-16(21)9-7-15)20(27)24-22-11-14-5-4-13(3)17(10-14)25(28)29/h4-12,18H,1-3H3,(H,23,26)(H,24,27). The summed E-state index contributed by atoms with van der Waals surface area (Å²) in [6.07, 6.45) is 1.28. The molecule has 1 unspecified atom stereocenters. The van der Waals surface area contributed by atoms with Gasteiger partial charge in [-0.1, -0.05) is 26.0 Å². The number of amides is 2. The third-order valence-corrected chi connectivity index (χ3v) is 4.16. The van der Waals surface area contributed by atoms with E-state index in [0.717, 1.165) is 12.1 Å². The molecule has 2 aromatic rings. The van der Waals surface area contributed by atoms with Crippen LogP contribution in [0.5, 0.6) is 0 Å². The molecule has 9 heteroatoms. The number of nitro groups is 1. The number of carbonyl (C=O) groups is 2. The summed E-state index contributed by atoms with van der Waals surface area (Å²) in [5, 5.41) is 17.4. The monoisotopic (exact) mass is 400 g/mol. The fraction of sp³-hybridized carbons (Fsp3) is 0.250. The summed E-state index contributed by atoms with van der Waals surface area (Å²) < 4.78 is 13.0. The second-order valence-electron chi connectivity index (χ2n) is 6.74. The van der Waals surface area contributed by atoms with Crippen LogP contribution < -0.4 is 10.7 Å². The number of hydrogen-bond acceptors (Lipinski definition) is 5. The van der Waals surface area contributed by atoms with Crippen LogP contribution in [0.25, 0.3) is 0 Å². The van der Waals surface area contributed by atoms with Gasteiger partial charge in [0.05, 0.1) is 11.1 Å². The SMILES string of the molecule is Cc1ccc(C=NNC(=O)C(NC(=O)c2ccc(F)cc2)C(C)C)cc1[N+](=O)[O-]. The second-order valence-corrected chi connectivity index (χ2v) is 6.74. The Morgan fingerprint density at radius 1 is 1.17 bits per heavy atom. The van der Waals surface area contributed by atoms with E-state index in [1.165, 1.54) is 24.4 Å². The minimum absolute atomic E-state index is 0.0492. The summed E-state index contributed by atoms with van der Waals surface area (Å²) in [6, 6.07) is 8.65. The van der Waals surface area contributed by atoms with Gasteiger partial charge in [-0.05, 0) is 37.1 Å². The Morgan fingerprint density at radius 3 is 2.41 bits per heavy atom. The molecule has 2 aromatic carbocycles. The Bertz CT molecular complexity index is 942. The zero-order valence-electron chi connectivity index (χ0n) is 16.2. The van der Waals surface area contributed by atoms with E-state index < -0.39 is 28.6 Å². The Morgan fingerprint density at radius 2 is 1.83 bits per heavy atom. The highest BCUT2D eigenvalue weighted by atomic mass is 19.1. The Balaban J connectivity index is 2.05. The molecule has 29 heavy (non-hydrogen) atoms. The van der Waals surface area contributed by atoms with Gasteiger partial charge >= 0.3 is 0 Å². The van der Waals surface area contributed by atoms with Gasteiger partial charge < -0.3 is 5.32 Å². The molecule has 2 rings (SSSR count). The second kappa shape index (κ2) is 9.54. The Hall–Kier alpha value is -3.62. The number of hydrogen-bond donors (Lipinski definition) is 2. The molecule has 8 nitrogen and oxygen atoms in total. The smallest absolute Gasteiger partial charge is 0.272 e. The number of halogens is 1. The van der Waals surface area contributed by atoms with E-state index in [1.807, 2.05) is 0 Å². The Labute approximate surface area is 167 Å². The molecule has 0 spiro atoms. The quantitative estimate of drug-likeness (QED) is 0.422. The molecule has 1 atom stereocenters. The van der Waals surface area contributed by atoms with E-state index in [2.05, 4.69) is 15.8 Å². The molecule has 0 aliphatic heterocycles. The maximum atomic E-state index is 13.0. The van der Waals surface area contributed by atoms with Gasteiger partial charge in [0, 0.05) is 22.8 Å². The van der Waals surface area contributed by atoms with Gasteiger partial charge in [-0.2, -0.15) is 5.10 Å². The van der Waals surface area contributed by atoms with Crippen molar-refractivity contribution >= 4 is 23.7 Å². The van der Waals surface area contributed by atoms with Crippen LogP contribution in [0.2, 0.25) is 0 Å². The van der Waals surface area contributed by atoms with E-state index in [4.69, 9.17) is 0 Å². The van der Waals surface area contributed by atoms with Gasteiger partial charge in [0.25, 0.3) is 17.5 Å². The molecular formula is C20H21FN4O4. The van der Waals surface area contributed by atoms with Crippen LogP contribution in [0.15, 0.2) is 47.6 Å². The van der Waals surface area contributed by atoms with E-state index in [1.54, 1.807) is 32.9 Å². The molecule has 0 aliphatic rings. The van der Waals surface area contributed by atoms with Gasteiger partial charge in [-0.3, -0.25) is 19.7 Å². The molecule has 2 N–H and O–H groups in total. The third kappa shape index (κ3) is 5.93. The largest absolute Gasteiger partial charge is 0.340 e. The van der Waals surface area contributed by atoms with Crippen LogP contribution in [-0.2, 0) is 4.79 Å². The number of nitro benzene ring substituents is 1. The van der Waals surface area contributed by atoms with Crippen LogP contribution in [-0.4, -0.2) is 29.0 Å². The molecule has 0 saturated heterocycles. The summed E-state index contributed by atoms with van der Waals surface area (Å²) in [4.78, 5) is 35.2. The first-order chi connectivity index (χ1) is 13.7. The summed E-state index contributed by atoms with van der Waals surface area (Å²) >= 11 is 0. The molecule has 0 heterocycles. The van der Waals surface area contributed by atoms with Crippen molar-refractivity contribution in [3.63, 3.8) is 0 Å². The van der Waals surface area contributed by atoms with Crippen molar-refractivity contribution in [1.82, 2.24) is 10.7 Å². The lowest BCUT2D eigenvalue weighted by Crippen LogP contribution is -2.48. The Kier molecular flexibility index (Phi) is 7.13. The van der Waals surface area contributed by atoms with Crippen molar-refractivity contribution in [3.05, 3.63) is 75.1 Å². The summed E-state index contributed by atoms with van der Waals surface area (Å²) in [5.41, 5.74) is 3.46. The minimum Gasteiger partial charge on any atom is -0.340 e. The number of aryl methyl sites for hydroxylation is 1.